The van der Waals surface area contributed by atoms with Crippen molar-refractivity contribution in [2.75, 3.05) is 13.7 Å². The van der Waals surface area contributed by atoms with Gasteiger partial charge in [-0.2, -0.15) is 0 Å². The number of H-pyrrole nitrogens is 1. The third kappa shape index (κ3) is 3.21. The highest BCUT2D eigenvalue weighted by Crippen LogP contribution is 2.24. The van der Waals surface area contributed by atoms with E-state index < -0.39 is 0 Å². The van der Waals surface area contributed by atoms with E-state index in [1.165, 1.54) is 0 Å². The van der Waals surface area contributed by atoms with Gasteiger partial charge >= 0.3 is 0 Å². The zero-order valence-corrected chi connectivity index (χ0v) is 14.3. The minimum atomic E-state index is -0.0186. The van der Waals surface area contributed by atoms with Crippen molar-refractivity contribution in [2.24, 2.45) is 0 Å². The third-order valence-corrected chi connectivity index (χ3v) is 4.31. The highest BCUT2D eigenvalue weighted by atomic mass is 16.5. The molecule has 0 saturated heterocycles. The van der Waals surface area contributed by atoms with Gasteiger partial charge in [-0.05, 0) is 35.9 Å². The lowest BCUT2D eigenvalue weighted by atomic mass is 10.1. The van der Waals surface area contributed by atoms with E-state index in [9.17, 15) is 4.79 Å². The van der Waals surface area contributed by atoms with Crippen LogP contribution in [-0.2, 0) is 6.42 Å². The second-order valence-corrected chi connectivity index (χ2v) is 6.02. The summed E-state index contributed by atoms with van der Waals surface area (Å²) in [6.07, 6.45) is 8.22. The number of rotatable bonds is 4. The molecule has 0 atom stereocenters. The molecule has 1 aliphatic heterocycles. The minimum Gasteiger partial charge on any atom is -0.481 e. The van der Waals surface area contributed by atoms with Gasteiger partial charge in [0.2, 0.25) is 5.88 Å². The van der Waals surface area contributed by atoms with Gasteiger partial charge in [-0.1, -0.05) is 6.08 Å². The summed E-state index contributed by atoms with van der Waals surface area (Å²) in [5, 5.41) is 2.86. The predicted molar refractivity (Wildman–Crippen MR) is 99.8 cm³/mol. The first-order valence-corrected chi connectivity index (χ1v) is 8.37. The summed E-state index contributed by atoms with van der Waals surface area (Å²) in [5.74, 6) is 0.567. The number of methoxy groups -OCH3 is 1. The number of fused-ring (bicyclic) bond motifs is 1. The molecule has 0 aromatic carbocycles. The summed E-state index contributed by atoms with van der Waals surface area (Å²) in [7, 11) is 1.59. The van der Waals surface area contributed by atoms with E-state index in [-0.39, 0.29) is 5.91 Å². The number of pyridine rings is 2. The molecule has 4 rings (SSSR count). The molecule has 4 heterocycles. The summed E-state index contributed by atoms with van der Waals surface area (Å²) in [5.41, 5.74) is 5.43. The van der Waals surface area contributed by atoms with Gasteiger partial charge in [-0.25, -0.2) is 4.98 Å². The molecule has 0 fully saturated rings. The van der Waals surface area contributed by atoms with Crippen molar-refractivity contribution in [3.8, 4) is 17.1 Å². The van der Waals surface area contributed by atoms with E-state index in [4.69, 9.17) is 4.74 Å². The van der Waals surface area contributed by atoms with Gasteiger partial charge in [0.15, 0.2) is 0 Å². The Hall–Kier alpha value is -3.41. The molecule has 0 radical (unpaired) electrons. The molecule has 1 amide bonds. The van der Waals surface area contributed by atoms with Crippen LogP contribution in [0.4, 0.5) is 0 Å². The van der Waals surface area contributed by atoms with Crippen LogP contribution in [0, 0.1) is 0 Å². The molecule has 0 unspecified atom stereocenters. The molecule has 3 aromatic heterocycles. The maximum atomic E-state index is 11.9. The molecule has 130 valence electrons. The topological polar surface area (TPSA) is 79.9 Å². The van der Waals surface area contributed by atoms with Gasteiger partial charge < -0.3 is 15.0 Å². The molecule has 1 aliphatic rings. The average Bonchev–Trinajstić information content (AvgIpc) is 3.13. The molecule has 0 bridgehead atoms. The standard InChI is InChI=1S/C20H18N4O2/c1-26-19-5-3-13(12-23-19)2-4-15-10-14(6-8-21-15)18-11-16-17(24-18)7-9-22-20(16)25/h2-6,8,10-12,24H,7,9H2,1H3,(H,22,25)/b4-2+. The molecular weight excluding hydrogens is 328 g/mol. The molecule has 0 aliphatic carbocycles. The van der Waals surface area contributed by atoms with Gasteiger partial charge in [0.1, 0.15) is 0 Å². The lowest BCUT2D eigenvalue weighted by Gasteiger charge is -2.10. The second-order valence-electron chi connectivity index (χ2n) is 6.02. The summed E-state index contributed by atoms with van der Waals surface area (Å²) in [6, 6.07) is 9.58. The van der Waals surface area contributed by atoms with Crippen LogP contribution in [0.25, 0.3) is 23.4 Å². The van der Waals surface area contributed by atoms with Crippen molar-refractivity contribution in [1.29, 1.82) is 0 Å². The number of nitrogens with zero attached hydrogens (tertiary/aromatic N) is 2. The third-order valence-electron chi connectivity index (χ3n) is 4.31. The van der Waals surface area contributed by atoms with E-state index >= 15 is 0 Å². The average molecular weight is 346 g/mol. The fourth-order valence-corrected chi connectivity index (χ4v) is 2.95. The lowest BCUT2D eigenvalue weighted by Crippen LogP contribution is -2.31. The lowest BCUT2D eigenvalue weighted by molar-refractivity contribution is 0.0946. The smallest absolute Gasteiger partial charge is 0.253 e. The first-order chi connectivity index (χ1) is 12.7. The van der Waals surface area contributed by atoms with Crippen LogP contribution in [0.2, 0.25) is 0 Å². The monoisotopic (exact) mass is 346 g/mol. The fourth-order valence-electron chi connectivity index (χ4n) is 2.95. The van der Waals surface area contributed by atoms with Crippen molar-refractivity contribution < 1.29 is 9.53 Å². The molecule has 26 heavy (non-hydrogen) atoms. The SMILES string of the molecule is COc1ccc(/C=C/c2cc(-c3cc4c([nH]3)CCNC4=O)ccn2)cn1. The number of aromatic amines is 1. The Bertz CT molecular complexity index is 974. The van der Waals surface area contributed by atoms with Crippen LogP contribution in [0.3, 0.4) is 0 Å². The summed E-state index contributed by atoms with van der Waals surface area (Å²) in [4.78, 5) is 23.9. The number of carbonyl (C=O) groups excluding carboxylic acids is 1. The van der Waals surface area contributed by atoms with Crippen molar-refractivity contribution in [2.45, 2.75) is 6.42 Å². The Morgan fingerprint density at radius 3 is 2.85 bits per heavy atom. The first-order valence-electron chi connectivity index (χ1n) is 8.37. The molecule has 0 saturated carbocycles. The summed E-state index contributed by atoms with van der Waals surface area (Å²) >= 11 is 0. The zero-order chi connectivity index (χ0) is 17.9. The molecule has 6 heteroatoms. The Morgan fingerprint density at radius 2 is 2.08 bits per heavy atom. The number of carbonyl (C=O) groups is 1. The Balaban J connectivity index is 1.58. The maximum absolute atomic E-state index is 11.9. The van der Waals surface area contributed by atoms with Crippen LogP contribution in [-0.4, -0.2) is 34.5 Å². The van der Waals surface area contributed by atoms with E-state index in [0.717, 1.165) is 40.2 Å². The number of hydrogen-bond donors (Lipinski definition) is 2. The number of ether oxygens (including phenoxy) is 1. The van der Waals surface area contributed by atoms with Gasteiger partial charge in [0.25, 0.3) is 5.91 Å². The van der Waals surface area contributed by atoms with Crippen LogP contribution in [0.5, 0.6) is 5.88 Å². The fraction of sp³-hybridized carbons (Fsp3) is 0.150. The Morgan fingerprint density at radius 1 is 1.15 bits per heavy atom. The van der Waals surface area contributed by atoms with Crippen LogP contribution in [0.15, 0.2) is 42.7 Å². The van der Waals surface area contributed by atoms with E-state index in [1.807, 2.05) is 42.5 Å². The second kappa shape index (κ2) is 6.84. The van der Waals surface area contributed by atoms with Crippen LogP contribution in [0.1, 0.15) is 27.3 Å². The van der Waals surface area contributed by atoms with Crippen LogP contribution >= 0.6 is 0 Å². The number of aromatic nitrogens is 3. The number of nitrogens with one attached hydrogen (secondary N) is 2. The predicted octanol–water partition coefficient (Wildman–Crippen LogP) is 2.94. The molecule has 6 nitrogen and oxygen atoms in total. The zero-order valence-electron chi connectivity index (χ0n) is 14.3. The Kier molecular flexibility index (Phi) is 4.23. The number of hydrogen-bond acceptors (Lipinski definition) is 4. The maximum Gasteiger partial charge on any atom is 0.253 e. The first kappa shape index (κ1) is 16.1. The van der Waals surface area contributed by atoms with E-state index in [0.29, 0.717) is 12.4 Å². The van der Waals surface area contributed by atoms with Crippen molar-refractivity contribution in [3.05, 3.63) is 65.2 Å². The van der Waals surface area contributed by atoms with E-state index in [2.05, 4.69) is 20.3 Å². The summed E-state index contributed by atoms with van der Waals surface area (Å²) in [6.45, 7) is 0.673. The number of amides is 1. The van der Waals surface area contributed by atoms with Gasteiger partial charge in [-0.15, -0.1) is 0 Å². The quantitative estimate of drug-likeness (QED) is 0.761. The van der Waals surface area contributed by atoms with Gasteiger partial charge in [-0.3, -0.25) is 9.78 Å². The van der Waals surface area contributed by atoms with Gasteiger partial charge in [0, 0.05) is 48.4 Å². The van der Waals surface area contributed by atoms with Crippen LogP contribution < -0.4 is 10.1 Å². The van der Waals surface area contributed by atoms with Crippen molar-refractivity contribution >= 4 is 18.1 Å². The van der Waals surface area contributed by atoms with Crippen molar-refractivity contribution in [1.82, 2.24) is 20.3 Å². The Labute approximate surface area is 151 Å². The van der Waals surface area contributed by atoms with Gasteiger partial charge in [0.05, 0.1) is 18.4 Å². The summed E-state index contributed by atoms with van der Waals surface area (Å²) < 4.78 is 5.06. The highest BCUT2D eigenvalue weighted by molar-refractivity contribution is 5.97. The normalized spacial score (nSPS) is 13.5. The van der Waals surface area contributed by atoms with Crippen molar-refractivity contribution in [3.63, 3.8) is 0 Å². The minimum absolute atomic E-state index is 0.0186. The highest BCUT2D eigenvalue weighted by Gasteiger charge is 2.19. The largest absolute Gasteiger partial charge is 0.481 e. The molecule has 0 spiro atoms. The van der Waals surface area contributed by atoms with E-state index in [1.54, 1.807) is 19.5 Å². The molecule has 2 N–H and O–H groups in total. The molecule has 3 aromatic rings. The molecular formula is C20H18N4O2.